The molecule has 0 aliphatic carbocycles. The summed E-state index contributed by atoms with van der Waals surface area (Å²) in [6.45, 7) is 1.73. The first-order chi connectivity index (χ1) is 9.88. The van der Waals surface area contributed by atoms with Crippen molar-refractivity contribution in [2.24, 2.45) is 0 Å². The van der Waals surface area contributed by atoms with Crippen molar-refractivity contribution in [1.29, 1.82) is 0 Å². The van der Waals surface area contributed by atoms with Gasteiger partial charge in [0.2, 0.25) is 0 Å². The summed E-state index contributed by atoms with van der Waals surface area (Å²) in [7, 11) is 0. The number of pyridine rings is 1. The summed E-state index contributed by atoms with van der Waals surface area (Å²) in [4.78, 5) is 25.7. The Morgan fingerprint density at radius 3 is 2.67 bits per heavy atom. The van der Waals surface area contributed by atoms with Gasteiger partial charge in [0.05, 0.1) is 10.5 Å². The summed E-state index contributed by atoms with van der Waals surface area (Å²) >= 11 is 7.13. The molecule has 0 bridgehead atoms. The lowest BCUT2D eigenvalue weighted by atomic mass is 10.2. The molecule has 108 valence electrons. The number of benzene rings is 1. The molecule has 2 rings (SSSR count). The van der Waals surface area contributed by atoms with Gasteiger partial charge < -0.3 is 5.11 Å². The lowest BCUT2D eigenvalue weighted by Gasteiger charge is -2.06. The first-order valence-corrected chi connectivity index (χ1v) is 6.89. The topological polar surface area (TPSA) is 93.3 Å². The fourth-order valence-electron chi connectivity index (χ4n) is 1.58. The van der Waals surface area contributed by atoms with Crippen molar-refractivity contribution in [1.82, 2.24) is 4.98 Å². The number of carboxylic acids is 1. The highest BCUT2D eigenvalue weighted by Crippen LogP contribution is 2.35. The molecule has 0 unspecified atom stereocenters. The highest BCUT2D eigenvalue weighted by atomic mass is 35.5. The molecule has 0 aliphatic heterocycles. The summed E-state index contributed by atoms with van der Waals surface area (Å²) < 4.78 is 0. The largest absolute Gasteiger partial charge is 0.478 e. The lowest BCUT2D eigenvalue weighted by molar-refractivity contribution is -0.384. The van der Waals surface area contributed by atoms with Gasteiger partial charge in [-0.15, -0.1) is 0 Å². The molecule has 1 aromatic carbocycles. The van der Waals surface area contributed by atoms with Crippen LogP contribution < -0.4 is 0 Å². The fraction of sp³-hybridized carbons (Fsp3) is 0.0769. The van der Waals surface area contributed by atoms with Crippen molar-refractivity contribution in [3.8, 4) is 0 Å². The summed E-state index contributed by atoms with van der Waals surface area (Å²) in [5, 5.41) is 20.2. The van der Waals surface area contributed by atoms with Crippen LogP contribution >= 0.6 is 23.4 Å². The Kier molecular flexibility index (Phi) is 4.44. The van der Waals surface area contributed by atoms with E-state index in [0.29, 0.717) is 10.6 Å². The van der Waals surface area contributed by atoms with Crippen LogP contribution in [-0.4, -0.2) is 21.0 Å². The van der Waals surface area contributed by atoms with E-state index < -0.39 is 10.9 Å². The zero-order valence-electron chi connectivity index (χ0n) is 10.7. The van der Waals surface area contributed by atoms with Crippen molar-refractivity contribution in [2.45, 2.75) is 16.8 Å². The number of carboxylic acid groups (broad SMARTS) is 1. The molecule has 0 spiro atoms. The van der Waals surface area contributed by atoms with Crippen LogP contribution in [0.1, 0.15) is 15.9 Å². The smallest absolute Gasteiger partial charge is 0.337 e. The molecule has 2 aromatic rings. The third kappa shape index (κ3) is 3.50. The van der Waals surface area contributed by atoms with E-state index in [1.807, 2.05) is 0 Å². The van der Waals surface area contributed by atoms with Crippen LogP contribution in [0, 0.1) is 17.0 Å². The summed E-state index contributed by atoms with van der Waals surface area (Å²) in [6.07, 6.45) is 1.26. The van der Waals surface area contributed by atoms with Gasteiger partial charge in [-0.25, -0.2) is 9.78 Å². The predicted octanol–water partition coefficient (Wildman–Crippen LogP) is 3.80. The quantitative estimate of drug-likeness (QED) is 0.679. The lowest BCUT2D eigenvalue weighted by Crippen LogP contribution is -1.96. The number of hydrogen-bond donors (Lipinski definition) is 1. The number of nitro groups is 1. The van der Waals surface area contributed by atoms with Crippen LogP contribution in [0.4, 0.5) is 5.69 Å². The summed E-state index contributed by atoms with van der Waals surface area (Å²) in [6, 6.07) is 5.92. The average molecular weight is 325 g/mol. The van der Waals surface area contributed by atoms with Crippen molar-refractivity contribution in [3.05, 3.63) is 56.7 Å². The van der Waals surface area contributed by atoms with E-state index in [2.05, 4.69) is 4.98 Å². The maximum Gasteiger partial charge on any atom is 0.337 e. The number of aromatic carboxylic acids is 1. The molecule has 0 saturated heterocycles. The average Bonchev–Trinajstić information content (AvgIpc) is 2.42. The molecule has 0 atom stereocenters. The Hall–Kier alpha value is -2.12. The molecule has 1 heterocycles. The Balaban J connectivity index is 2.29. The number of aromatic nitrogens is 1. The van der Waals surface area contributed by atoms with Gasteiger partial charge in [0.15, 0.2) is 0 Å². The third-order valence-corrected chi connectivity index (χ3v) is 4.05. The Bertz CT molecular complexity index is 719. The first-order valence-electron chi connectivity index (χ1n) is 5.70. The van der Waals surface area contributed by atoms with Gasteiger partial charge in [-0.05, 0) is 30.7 Å². The number of halogens is 1. The minimum atomic E-state index is -1.05. The molecule has 21 heavy (non-hydrogen) atoms. The maximum atomic E-state index is 10.8. The number of rotatable bonds is 4. The summed E-state index contributed by atoms with van der Waals surface area (Å²) in [5.74, 6) is -1.05. The fourth-order valence-corrected chi connectivity index (χ4v) is 2.74. The molecule has 0 aliphatic rings. The second kappa shape index (κ2) is 6.11. The SMILES string of the molecule is Cc1cc([N+](=O)[O-])c(Cl)cc1Sc1ccc(C(=O)O)cn1. The molecule has 0 saturated carbocycles. The Morgan fingerprint density at radius 2 is 2.14 bits per heavy atom. The monoisotopic (exact) mass is 324 g/mol. The van der Waals surface area contributed by atoms with E-state index in [4.69, 9.17) is 16.7 Å². The molecule has 6 nitrogen and oxygen atoms in total. The zero-order chi connectivity index (χ0) is 15.6. The Morgan fingerprint density at radius 1 is 1.43 bits per heavy atom. The number of hydrogen-bond acceptors (Lipinski definition) is 5. The van der Waals surface area contributed by atoms with Crippen LogP contribution in [0.15, 0.2) is 40.4 Å². The zero-order valence-corrected chi connectivity index (χ0v) is 12.3. The molecule has 8 heteroatoms. The summed E-state index contributed by atoms with van der Waals surface area (Å²) in [5.41, 5.74) is 0.644. The van der Waals surface area contributed by atoms with Gasteiger partial charge in [0.25, 0.3) is 5.69 Å². The molecule has 1 aromatic heterocycles. The standard InChI is InChI=1S/C13H9ClN2O4S/c1-7-4-10(16(19)20)9(14)5-11(7)21-12-3-2-8(6-15-12)13(17)18/h2-6H,1H3,(H,17,18). The van der Waals surface area contributed by atoms with Crippen LogP contribution in [0.3, 0.4) is 0 Å². The molecular formula is C13H9ClN2O4S. The van der Waals surface area contributed by atoms with E-state index >= 15 is 0 Å². The van der Waals surface area contributed by atoms with Gasteiger partial charge in [0, 0.05) is 17.2 Å². The van der Waals surface area contributed by atoms with Crippen LogP contribution in [0.2, 0.25) is 5.02 Å². The number of carbonyl (C=O) groups is 1. The minimum Gasteiger partial charge on any atom is -0.478 e. The van der Waals surface area contributed by atoms with Gasteiger partial charge >= 0.3 is 5.97 Å². The van der Waals surface area contributed by atoms with Gasteiger partial charge in [0.1, 0.15) is 10.0 Å². The minimum absolute atomic E-state index is 0.0512. The van der Waals surface area contributed by atoms with Crippen LogP contribution in [0.5, 0.6) is 0 Å². The van der Waals surface area contributed by atoms with Crippen molar-refractivity contribution in [3.63, 3.8) is 0 Å². The van der Waals surface area contributed by atoms with E-state index in [1.54, 1.807) is 13.0 Å². The molecule has 1 N–H and O–H groups in total. The second-order valence-electron chi connectivity index (χ2n) is 4.12. The van der Waals surface area contributed by atoms with Crippen molar-refractivity contribution >= 4 is 35.0 Å². The van der Waals surface area contributed by atoms with E-state index in [1.165, 1.54) is 36.2 Å². The van der Waals surface area contributed by atoms with E-state index in [0.717, 1.165) is 4.90 Å². The number of nitro benzene ring substituents is 1. The molecule has 0 amide bonds. The maximum absolute atomic E-state index is 10.8. The second-order valence-corrected chi connectivity index (χ2v) is 5.59. The normalized spacial score (nSPS) is 10.4. The van der Waals surface area contributed by atoms with Gasteiger partial charge in [-0.3, -0.25) is 10.1 Å². The predicted molar refractivity (Wildman–Crippen MR) is 78.2 cm³/mol. The Labute approximate surface area is 128 Å². The molecular weight excluding hydrogens is 316 g/mol. The molecule has 0 fully saturated rings. The highest BCUT2D eigenvalue weighted by Gasteiger charge is 2.16. The van der Waals surface area contributed by atoms with Crippen LogP contribution in [-0.2, 0) is 0 Å². The van der Waals surface area contributed by atoms with Gasteiger partial charge in [-0.2, -0.15) is 0 Å². The van der Waals surface area contributed by atoms with E-state index in [-0.39, 0.29) is 16.3 Å². The number of aryl methyl sites for hydroxylation is 1. The van der Waals surface area contributed by atoms with Crippen molar-refractivity contribution in [2.75, 3.05) is 0 Å². The third-order valence-electron chi connectivity index (χ3n) is 2.64. The highest BCUT2D eigenvalue weighted by molar-refractivity contribution is 7.99. The first kappa shape index (κ1) is 15.3. The van der Waals surface area contributed by atoms with Crippen molar-refractivity contribution < 1.29 is 14.8 Å². The molecule has 0 radical (unpaired) electrons. The number of nitrogens with zero attached hydrogens (tertiary/aromatic N) is 2. The van der Waals surface area contributed by atoms with E-state index in [9.17, 15) is 14.9 Å². The van der Waals surface area contributed by atoms with Gasteiger partial charge in [-0.1, -0.05) is 23.4 Å². The van der Waals surface area contributed by atoms with Crippen LogP contribution in [0.25, 0.3) is 0 Å².